The third kappa shape index (κ3) is 3.46. The van der Waals surface area contributed by atoms with Crippen LogP contribution in [0.4, 0.5) is 8.78 Å². The van der Waals surface area contributed by atoms with Crippen LogP contribution in [0.3, 0.4) is 0 Å². The van der Waals surface area contributed by atoms with Crippen molar-refractivity contribution in [3.63, 3.8) is 0 Å². The third-order valence-electron chi connectivity index (χ3n) is 6.59. The number of fused-ring (bicyclic) bond motifs is 4. The number of carbonyl (C=O) groups is 2. The van der Waals surface area contributed by atoms with Crippen LogP contribution in [-0.4, -0.2) is 53.2 Å². The van der Waals surface area contributed by atoms with E-state index in [2.05, 4.69) is 19.1 Å². The first-order chi connectivity index (χ1) is 12.9. The van der Waals surface area contributed by atoms with Crippen molar-refractivity contribution >= 4 is 11.8 Å². The smallest absolute Gasteiger partial charge is 0.248 e. The number of hydrogen-bond donors (Lipinski definition) is 0. The molecular formula is C21H26F2N2O2. The van der Waals surface area contributed by atoms with E-state index in [1.165, 1.54) is 11.1 Å². The first-order valence-corrected chi connectivity index (χ1v) is 9.89. The lowest BCUT2D eigenvalue weighted by Gasteiger charge is -2.33. The molecule has 1 aromatic carbocycles. The van der Waals surface area contributed by atoms with Crippen LogP contribution >= 0.6 is 0 Å². The van der Waals surface area contributed by atoms with Crippen molar-refractivity contribution in [1.29, 1.82) is 0 Å². The van der Waals surface area contributed by atoms with Crippen molar-refractivity contribution in [1.82, 2.24) is 9.80 Å². The molecule has 0 aromatic heterocycles. The van der Waals surface area contributed by atoms with E-state index in [9.17, 15) is 18.4 Å². The van der Waals surface area contributed by atoms with Crippen LogP contribution in [-0.2, 0) is 16.0 Å². The Bertz CT molecular complexity index is 741. The molecule has 27 heavy (non-hydrogen) atoms. The summed E-state index contributed by atoms with van der Waals surface area (Å²) in [5.41, 5.74) is 2.44. The SMILES string of the molecule is CC1C2CN(C(=O)C3CCC(F)(F)CC3)CC(=O)N1CCc1ccccc12. The third-order valence-corrected chi connectivity index (χ3v) is 6.59. The zero-order valence-electron chi connectivity index (χ0n) is 15.7. The number of rotatable bonds is 1. The van der Waals surface area contributed by atoms with Crippen LogP contribution in [0.15, 0.2) is 24.3 Å². The predicted molar refractivity (Wildman–Crippen MR) is 97.5 cm³/mol. The first kappa shape index (κ1) is 18.4. The average molecular weight is 376 g/mol. The lowest BCUT2D eigenvalue weighted by atomic mass is 9.85. The van der Waals surface area contributed by atoms with Gasteiger partial charge in [0.1, 0.15) is 0 Å². The van der Waals surface area contributed by atoms with Crippen LogP contribution in [0.5, 0.6) is 0 Å². The molecule has 0 N–H and O–H groups in total. The lowest BCUT2D eigenvalue weighted by Crippen LogP contribution is -2.44. The fourth-order valence-electron chi connectivity index (χ4n) is 4.92. The Morgan fingerprint density at radius 2 is 1.89 bits per heavy atom. The fourth-order valence-corrected chi connectivity index (χ4v) is 4.92. The molecule has 1 saturated carbocycles. The van der Waals surface area contributed by atoms with Crippen LogP contribution < -0.4 is 0 Å². The zero-order valence-corrected chi connectivity index (χ0v) is 15.7. The number of hydrogen-bond acceptors (Lipinski definition) is 2. The van der Waals surface area contributed by atoms with E-state index in [0.29, 0.717) is 13.1 Å². The molecule has 2 unspecified atom stereocenters. The van der Waals surface area contributed by atoms with Gasteiger partial charge in [-0.15, -0.1) is 0 Å². The number of amides is 2. The average Bonchev–Trinajstić information content (AvgIpc) is 2.85. The van der Waals surface area contributed by atoms with Crippen LogP contribution in [0.25, 0.3) is 0 Å². The maximum Gasteiger partial charge on any atom is 0.248 e. The lowest BCUT2D eigenvalue weighted by molar-refractivity contribution is -0.144. The van der Waals surface area contributed by atoms with Gasteiger partial charge in [-0.2, -0.15) is 0 Å². The molecule has 2 atom stereocenters. The Morgan fingerprint density at radius 1 is 1.19 bits per heavy atom. The van der Waals surface area contributed by atoms with Gasteiger partial charge in [-0.05, 0) is 37.3 Å². The van der Waals surface area contributed by atoms with Gasteiger partial charge in [-0.1, -0.05) is 24.3 Å². The fraction of sp³-hybridized carbons (Fsp3) is 0.619. The van der Waals surface area contributed by atoms with Crippen LogP contribution in [0.1, 0.15) is 49.7 Å². The van der Waals surface area contributed by atoms with E-state index < -0.39 is 11.8 Å². The van der Waals surface area contributed by atoms with Gasteiger partial charge in [0.15, 0.2) is 0 Å². The summed E-state index contributed by atoms with van der Waals surface area (Å²) in [4.78, 5) is 29.5. The minimum absolute atomic E-state index is 0.0228. The van der Waals surface area contributed by atoms with Crippen LogP contribution in [0, 0.1) is 5.92 Å². The van der Waals surface area contributed by atoms with Gasteiger partial charge < -0.3 is 9.80 Å². The van der Waals surface area contributed by atoms with Gasteiger partial charge in [0.05, 0.1) is 6.54 Å². The Kier molecular flexibility index (Phi) is 4.68. The molecule has 2 aliphatic heterocycles. The van der Waals surface area contributed by atoms with Gasteiger partial charge in [-0.3, -0.25) is 9.59 Å². The largest absolute Gasteiger partial charge is 0.337 e. The molecule has 0 radical (unpaired) electrons. The normalized spacial score (nSPS) is 28.3. The number of alkyl halides is 2. The predicted octanol–water partition coefficient (Wildman–Crippen LogP) is 3.21. The molecule has 1 saturated heterocycles. The van der Waals surface area contributed by atoms with Gasteiger partial charge in [0.2, 0.25) is 17.7 Å². The molecule has 1 aromatic rings. The summed E-state index contributed by atoms with van der Waals surface area (Å²) in [7, 11) is 0. The molecule has 2 heterocycles. The molecule has 3 aliphatic rings. The Balaban J connectivity index is 1.60. The van der Waals surface area contributed by atoms with Gasteiger partial charge in [0.25, 0.3) is 0 Å². The molecule has 2 bridgehead atoms. The molecule has 2 fully saturated rings. The second-order valence-corrected chi connectivity index (χ2v) is 8.23. The van der Waals surface area contributed by atoms with E-state index in [1.807, 2.05) is 17.0 Å². The number of benzene rings is 1. The van der Waals surface area contributed by atoms with E-state index in [0.717, 1.165) is 6.42 Å². The van der Waals surface area contributed by atoms with Crippen molar-refractivity contribution in [2.75, 3.05) is 19.6 Å². The summed E-state index contributed by atoms with van der Waals surface area (Å²) in [6, 6.07) is 8.23. The highest BCUT2D eigenvalue weighted by Gasteiger charge is 2.42. The highest BCUT2D eigenvalue weighted by Crippen LogP contribution is 2.38. The van der Waals surface area contributed by atoms with Crippen molar-refractivity contribution in [3.05, 3.63) is 35.4 Å². The quantitative estimate of drug-likeness (QED) is 0.755. The van der Waals surface area contributed by atoms with Crippen molar-refractivity contribution < 1.29 is 18.4 Å². The Morgan fingerprint density at radius 3 is 2.63 bits per heavy atom. The standard InChI is InChI=1S/C21H26F2N2O2/c1-14-18-12-24(20(27)16-6-9-21(22,23)10-7-16)13-19(26)25(14)11-8-15-4-2-3-5-17(15)18/h2-5,14,16,18H,6-13H2,1H3. The molecular weight excluding hydrogens is 350 g/mol. The minimum Gasteiger partial charge on any atom is -0.337 e. The number of halogens is 2. The maximum atomic E-state index is 13.5. The summed E-state index contributed by atoms with van der Waals surface area (Å²) in [5, 5.41) is 0. The highest BCUT2D eigenvalue weighted by atomic mass is 19.3. The van der Waals surface area contributed by atoms with Crippen LogP contribution in [0.2, 0.25) is 0 Å². The number of nitrogens with zero attached hydrogens (tertiary/aromatic N) is 2. The molecule has 4 nitrogen and oxygen atoms in total. The minimum atomic E-state index is -2.65. The molecule has 4 rings (SSSR count). The van der Waals surface area contributed by atoms with Gasteiger partial charge in [-0.25, -0.2) is 8.78 Å². The number of carbonyl (C=O) groups excluding carboxylic acids is 2. The summed E-state index contributed by atoms with van der Waals surface area (Å²) in [5.74, 6) is -3.15. The molecule has 6 heteroatoms. The molecule has 146 valence electrons. The summed E-state index contributed by atoms with van der Waals surface area (Å²) < 4.78 is 26.9. The first-order valence-electron chi connectivity index (χ1n) is 9.89. The summed E-state index contributed by atoms with van der Waals surface area (Å²) in [6.45, 7) is 3.26. The van der Waals surface area contributed by atoms with E-state index in [4.69, 9.17) is 0 Å². The second-order valence-electron chi connectivity index (χ2n) is 8.23. The van der Waals surface area contributed by atoms with E-state index in [1.54, 1.807) is 4.90 Å². The Hall–Kier alpha value is -1.98. The molecule has 2 amide bonds. The second kappa shape index (κ2) is 6.88. The Labute approximate surface area is 158 Å². The molecule has 0 spiro atoms. The molecule has 1 aliphatic carbocycles. The maximum absolute atomic E-state index is 13.5. The zero-order chi connectivity index (χ0) is 19.2. The topological polar surface area (TPSA) is 40.6 Å². The van der Waals surface area contributed by atoms with E-state index >= 15 is 0 Å². The van der Waals surface area contributed by atoms with Crippen molar-refractivity contribution in [3.8, 4) is 0 Å². The van der Waals surface area contributed by atoms with Gasteiger partial charge in [0, 0.05) is 43.8 Å². The summed E-state index contributed by atoms with van der Waals surface area (Å²) in [6.07, 6.45) is 0.766. The summed E-state index contributed by atoms with van der Waals surface area (Å²) >= 11 is 0. The van der Waals surface area contributed by atoms with Crippen molar-refractivity contribution in [2.45, 2.75) is 56.9 Å². The van der Waals surface area contributed by atoms with Gasteiger partial charge >= 0.3 is 0 Å². The monoisotopic (exact) mass is 376 g/mol. The van der Waals surface area contributed by atoms with E-state index in [-0.39, 0.29) is 56.0 Å². The highest BCUT2D eigenvalue weighted by molar-refractivity contribution is 5.87. The van der Waals surface area contributed by atoms with Crippen molar-refractivity contribution in [2.24, 2.45) is 5.92 Å².